The number of rotatable bonds is 3. The highest BCUT2D eigenvalue weighted by Crippen LogP contribution is 2.25. The smallest absolute Gasteiger partial charge is 0.264 e. The highest BCUT2D eigenvalue weighted by molar-refractivity contribution is 5.82. The zero-order chi connectivity index (χ0) is 9.97. The Labute approximate surface area is 81.4 Å². The van der Waals surface area contributed by atoms with Gasteiger partial charge in [-0.25, -0.2) is 0 Å². The van der Waals surface area contributed by atoms with Crippen molar-refractivity contribution in [3.63, 3.8) is 0 Å². The number of hydrogen-bond donors (Lipinski definition) is 0. The molecule has 0 amide bonds. The molecule has 0 fully saturated rings. The fourth-order valence-corrected chi connectivity index (χ4v) is 1.25. The van der Waals surface area contributed by atoms with Crippen LogP contribution in [0, 0.1) is 6.92 Å². The number of hydrogen-bond acceptors (Lipinski definition) is 4. The van der Waals surface area contributed by atoms with E-state index in [0.717, 1.165) is 16.5 Å². The number of methoxy groups -OCH3 is 1. The van der Waals surface area contributed by atoms with E-state index in [1.807, 2.05) is 25.1 Å². The second-order valence-corrected chi connectivity index (χ2v) is 3.04. The average Bonchev–Trinajstić information content (AvgIpc) is 2.57. The fraction of sp³-hybridized carbons (Fsp3) is 0.300. The van der Waals surface area contributed by atoms with Crippen molar-refractivity contribution < 1.29 is 14.0 Å². The topological polar surface area (TPSA) is 44.5 Å². The highest BCUT2D eigenvalue weighted by atomic mass is 16.7. The molecule has 0 unspecified atom stereocenters. The van der Waals surface area contributed by atoms with Crippen molar-refractivity contribution >= 4 is 11.0 Å². The lowest BCUT2D eigenvalue weighted by molar-refractivity contribution is 0.0463. The number of nitrogens with zero attached hydrogens (tertiary/aromatic N) is 1. The van der Waals surface area contributed by atoms with Crippen LogP contribution in [0.15, 0.2) is 22.7 Å². The van der Waals surface area contributed by atoms with E-state index in [1.54, 1.807) is 7.11 Å². The molecule has 0 radical (unpaired) electrons. The third-order valence-corrected chi connectivity index (χ3v) is 1.91. The van der Waals surface area contributed by atoms with E-state index < -0.39 is 0 Å². The predicted octanol–water partition coefficient (Wildman–Crippen LogP) is 2.12. The number of aromatic nitrogens is 1. The van der Waals surface area contributed by atoms with Gasteiger partial charge in [-0.1, -0.05) is 11.6 Å². The second kappa shape index (κ2) is 3.67. The van der Waals surface area contributed by atoms with Crippen molar-refractivity contribution in [2.24, 2.45) is 0 Å². The second-order valence-electron chi connectivity index (χ2n) is 3.04. The van der Waals surface area contributed by atoms with E-state index in [-0.39, 0.29) is 6.79 Å². The zero-order valence-electron chi connectivity index (χ0n) is 8.11. The lowest BCUT2D eigenvalue weighted by Gasteiger charge is -1.99. The molecule has 1 aromatic heterocycles. The first-order valence-corrected chi connectivity index (χ1v) is 4.29. The van der Waals surface area contributed by atoms with Crippen LogP contribution in [0.25, 0.3) is 11.0 Å². The van der Waals surface area contributed by atoms with Crippen LogP contribution in [-0.2, 0) is 4.74 Å². The molecule has 0 bridgehead atoms. The fourth-order valence-electron chi connectivity index (χ4n) is 1.25. The molecule has 0 saturated carbocycles. The quantitative estimate of drug-likeness (QED) is 0.700. The van der Waals surface area contributed by atoms with Crippen LogP contribution < -0.4 is 4.74 Å². The molecule has 0 atom stereocenters. The van der Waals surface area contributed by atoms with Crippen molar-refractivity contribution in [1.82, 2.24) is 5.16 Å². The Morgan fingerprint density at radius 1 is 1.43 bits per heavy atom. The Hall–Kier alpha value is -1.55. The number of ether oxygens (including phenoxy) is 2. The number of aryl methyl sites for hydroxylation is 1. The molecular formula is C10H11NO3. The van der Waals surface area contributed by atoms with Crippen molar-refractivity contribution in [3.8, 4) is 5.88 Å². The minimum atomic E-state index is 0.176. The van der Waals surface area contributed by atoms with Crippen LogP contribution in [0.1, 0.15) is 5.56 Å². The first-order chi connectivity index (χ1) is 6.81. The molecule has 14 heavy (non-hydrogen) atoms. The molecule has 74 valence electrons. The Morgan fingerprint density at radius 3 is 3.07 bits per heavy atom. The summed E-state index contributed by atoms with van der Waals surface area (Å²) in [6, 6.07) is 5.81. The van der Waals surface area contributed by atoms with Crippen LogP contribution in [0.5, 0.6) is 5.88 Å². The molecule has 4 nitrogen and oxygen atoms in total. The SMILES string of the molecule is COCOc1noc2ccc(C)cc12. The van der Waals surface area contributed by atoms with E-state index >= 15 is 0 Å². The van der Waals surface area contributed by atoms with E-state index in [0.29, 0.717) is 5.88 Å². The van der Waals surface area contributed by atoms with Gasteiger partial charge in [-0.05, 0) is 24.2 Å². The summed E-state index contributed by atoms with van der Waals surface area (Å²) in [7, 11) is 1.56. The van der Waals surface area contributed by atoms with Crippen LogP contribution in [-0.4, -0.2) is 19.1 Å². The Balaban J connectivity index is 2.40. The van der Waals surface area contributed by atoms with Gasteiger partial charge in [-0.15, -0.1) is 0 Å². The van der Waals surface area contributed by atoms with Crippen LogP contribution >= 0.6 is 0 Å². The summed E-state index contributed by atoms with van der Waals surface area (Å²) >= 11 is 0. The third kappa shape index (κ3) is 1.56. The normalized spacial score (nSPS) is 10.7. The monoisotopic (exact) mass is 193 g/mol. The summed E-state index contributed by atoms with van der Waals surface area (Å²) in [4.78, 5) is 0. The van der Waals surface area contributed by atoms with Gasteiger partial charge in [0.2, 0.25) is 0 Å². The Bertz CT molecular complexity index is 436. The lowest BCUT2D eigenvalue weighted by atomic mass is 10.2. The summed E-state index contributed by atoms with van der Waals surface area (Å²) in [5.41, 5.74) is 1.87. The van der Waals surface area contributed by atoms with Gasteiger partial charge in [0.25, 0.3) is 5.88 Å². The molecule has 0 aliphatic carbocycles. The van der Waals surface area contributed by atoms with Gasteiger partial charge in [0.15, 0.2) is 12.4 Å². The van der Waals surface area contributed by atoms with E-state index in [9.17, 15) is 0 Å². The molecule has 4 heteroatoms. The molecule has 0 saturated heterocycles. The third-order valence-electron chi connectivity index (χ3n) is 1.91. The molecule has 1 heterocycles. The molecule has 0 spiro atoms. The minimum absolute atomic E-state index is 0.176. The maximum absolute atomic E-state index is 5.24. The molecule has 1 aromatic carbocycles. The molecule has 2 aromatic rings. The number of benzene rings is 1. The van der Waals surface area contributed by atoms with Gasteiger partial charge < -0.3 is 14.0 Å². The van der Waals surface area contributed by atoms with Crippen molar-refractivity contribution in [3.05, 3.63) is 23.8 Å². The number of fused-ring (bicyclic) bond motifs is 1. The van der Waals surface area contributed by atoms with Crippen molar-refractivity contribution in [2.75, 3.05) is 13.9 Å². The zero-order valence-corrected chi connectivity index (χ0v) is 8.11. The van der Waals surface area contributed by atoms with Crippen molar-refractivity contribution in [2.45, 2.75) is 6.92 Å². The summed E-state index contributed by atoms with van der Waals surface area (Å²) in [5.74, 6) is 0.477. The first-order valence-electron chi connectivity index (χ1n) is 4.29. The van der Waals surface area contributed by atoms with E-state index in [2.05, 4.69) is 5.16 Å². The van der Waals surface area contributed by atoms with Gasteiger partial charge >= 0.3 is 0 Å². The Kier molecular flexibility index (Phi) is 2.37. The standard InChI is InChI=1S/C10H11NO3/c1-7-3-4-9-8(5-7)10(11-14-9)13-6-12-2/h3-5H,6H2,1-2H3. The van der Waals surface area contributed by atoms with Crippen LogP contribution in [0.4, 0.5) is 0 Å². The molecular weight excluding hydrogens is 182 g/mol. The molecule has 2 rings (SSSR count). The van der Waals surface area contributed by atoms with Crippen LogP contribution in [0.3, 0.4) is 0 Å². The van der Waals surface area contributed by atoms with Gasteiger partial charge in [-0.2, -0.15) is 0 Å². The van der Waals surface area contributed by atoms with Gasteiger partial charge in [0.1, 0.15) is 0 Å². The van der Waals surface area contributed by atoms with Gasteiger partial charge in [-0.3, -0.25) is 0 Å². The van der Waals surface area contributed by atoms with E-state index in [1.165, 1.54) is 0 Å². The maximum atomic E-state index is 5.24. The molecule has 0 aliphatic heterocycles. The summed E-state index contributed by atoms with van der Waals surface area (Å²) in [6.07, 6.45) is 0. The van der Waals surface area contributed by atoms with Crippen molar-refractivity contribution in [1.29, 1.82) is 0 Å². The summed E-state index contributed by atoms with van der Waals surface area (Å²) < 4.78 is 15.1. The van der Waals surface area contributed by atoms with Gasteiger partial charge in [0.05, 0.1) is 5.39 Å². The molecule has 0 aliphatic rings. The lowest BCUT2D eigenvalue weighted by Crippen LogP contribution is -1.98. The van der Waals surface area contributed by atoms with Crippen LogP contribution in [0.2, 0.25) is 0 Å². The predicted molar refractivity (Wildman–Crippen MR) is 51.3 cm³/mol. The largest absolute Gasteiger partial charge is 0.448 e. The minimum Gasteiger partial charge on any atom is -0.448 e. The molecule has 0 N–H and O–H groups in total. The Morgan fingerprint density at radius 2 is 2.29 bits per heavy atom. The van der Waals surface area contributed by atoms with Gasteiger partial charge in [0, 0.05) is 7.11 Å². The van der Waals surface area contributed by atoms with E-state index in [4.69, 9.17) is 14.0 Å². The first kappa shape index (κ1) is 9.02. The highest BCUT2D eigenvalue weighted by Gasteiger charge is 2.08. The summed E-state index contributed by atoms with van der Waals surface area (Å²) in [5, 5.41) is 4.67. The maximum Gasteiger partial charge on any atom is 0.264 e. The summed E-state index contributed by atoms with van der Waals surface area (Å²) in [6.45, 7) is 2.18. The average molecular weight is 193 g/mol.